The maximum Gasteiger partial charge on any atom is 0.0621 e. The molecule has 1 aromatic rings. The summed E-state index contributed by atoms with van der Waals surface area (Å²) < 4.78 is 0. The van der Waals surface area contributed by atoms with Gasteiger partial charge in [-0.15, -0.1) is 12.6 Å². The molecule has 0 unspecified atom stereocenters. The maximum absolute atomic E-state index is 4.11. The van der Waals surface area contributed by atoms with Crippen molar-refractivity contribution < 1.29 is 0 Å². The average Bonchev–Trinajstić information content (AvgIpc) is 2.11. The number of nitrogens with one attached hydrogen (secondary N) is 1. The lowest BCUT2D eigenvalue weighted by Crippen LogP contribution is -1.95. The lowest BCUT2D eigenvalue weighted by atomic mass is 10.2. The summed E-state index contributed by atoms with van der Waals surface area (Å²) in [6.07, 6.45) is 0. The molecule has 0 aliphatic heterocycles. The zero-order valence-electron chi connectivity index (χ0n) is 8.08. The van der Waals surface area contributed by atoms with E-state index >= 15 is 0 Å². The van der Waals surface area contributed by atoms with Gasteiger partial charge in [0, 0.05) is 10.6 Å². The normalized spacial score (nSPS) is 9.57. The first-order valence-electron chi connectivity index (χ1n) is 4.17. The molecule has 1 N–H and O–H groups in total. The lowest BCUT2D eigenvalue weighted by Gasteiger charge is -2.10. The molecule has 74 valence electrons. The van der Waals surface area contributed by atoms with E-state index in [0.717, 1.165) is 5.69 Å². The number of thiol groups is 1. The smallest absolute Gasteiger partial charge is 0.0621 e. The SMILES string of the molecule is C=CSc1cccc(NC(=C)S)c1C. The number of thioether (sulfide) groups is 1. The first kappa shape index (κ1) is 11.3. The van der Waals surface area contributed by atoms with Gasteiger partial charge in [-0.3, -0.25) is 0 Å². The molecule has 3 heteroatoms. The van der Waals surface area contributed by atoms with E-state index in [-0.39, 0.29) is 0 Å². The van der Waals surface area contributed by atoms with Gasteiger partial charge >= 0.3 is 0 Å². The highest BCUT2D eigenvalue weighted by Crippen LogP contribution is 2.28. The van der Waals surface area contributed by atoms with Gasteiger partial charge in [0.1, 0.15) is 0 Å². The van der Waals surface area contributed by atoms with Crippen LogP contribution < -0.4 is 5.32 Å². The predicted molar refractivity (Wildman–Crippen MR) is 69.0 cm³/mol. The van der Waals surface area contributed by atoms with Crippen molar-refractivity contribution in [2.45, 2.75) is 11.8 Å². The second kappa shape index (κ2) is 5.17. The van der Waals surface area contributed by atoms with Gasteiger partial charge in [0.25, 0.3) is 0 Å². The zero-order chi connectivity index (χ0) is 10.6. The van der Waals surface area contributed by atoms with Gasteiger partial charge in [0.05, 0.1) is 5.03 Å². The van der Waals surface area contributed by atoms with E-state index in [0.29, 0.717) is 5.03 Å². The highest BCUT2D eigenvalue weighted by Gasteiger charge is 2.02. The Kier molecular flexibility index (Phi) is 4.17. The van der Waals surface area contributed by atoms with Crippen molar-refractivity contribution in [2.75, 3.05) is 5.32 Å². The number of hydrogen-bond acceptors (Lipinski definition) is 3. The average molecular weight is 223 g/mol. The third kappa shape index (κ3) is 2.86. The van der Waals surface area contributed by atoms with E-state index in [1.54, 1.807) is 11.8 Å². The fraction of sp³-hybridized carbons (Fsp3) is 0.0909. The fourth-order valence-corrected chi connectivity index (χ4v) is 1.87. The van der Waals surface area contributed by atoms with E-state index in [4.69, 9.17) is 0 Å². The van der Waals surface area contributed by atoms with Crippen molar-refractivity contribution in [1.29, 1.82) is 0 Å². The number of rotatable bonds is 4. The van der Waals surface area contributed by atoms with Crippen molar-refractivity contribution in [1.82, 2.24) is 0 Å². The van der Waals surface area contributed by atoms with Gasteiger partial charge in [-0.2, -0.15) is 0 Å². The summed E-state index contributed by atoms with van der Waals surface area (Å²) in [7, 11) is 0. The maximum atomic E-state index is 4.11. The summed E-state index contributed by atoms with van der Waals surface area (Å²) in [6, 6.07) is 6.07. The Morgan fingerprint density at radius 3 is 2.86 bits per heavy atom. The van der Waals surface area contributed by atoms with E-state index in [9.17, 15) is 0 Å². The minimum absolute atomic E-state index is 0.647. The first-order valence-corrected chi connectivity index (χ1v) is 5.50. The number of hydrogen-bond donors (Lipinski definition) is 2. The van der Waals surface area contributed by atoms with Crippen LogP contribution in [0.25, 0.3) is 0 Å². The van der Waals surface area contributed by atoms with Crippen LogP contribution in [-0.2, 0) is 0 Å². The Morgan fingerprint density at radius 1 is 1.57 bits per heavy atom. The van der Waals surface area contributed by atoms with Crippen molar-refractivity contribution in [3.8, 4) is 0 Å². The van der Waals surface area contributed by atoms with Crippen LogP contribution in [0.5, 0.6) is 0 Å². The molecule has 0 saturated carbocycles. The third-order valence-corrected chi connectivity index (χ3v) is 2.75. The van der Waals surface area contributed by atoms with Gasteiger partial charge in [-0.05, 0) is 30.0 Å². The van der Waals surface area contributed by atoms with Gasteiger partial charge < -0.3 is 5.32 Å². The highest BCUT2D eigenvalue weighted by molar-refractivity contribution is 8.02. The number of anilines is 1. The second-order valence-electron chi connectivity index (χ2n) is 2.78. The largest absolute Gasteiger partial charge is 0.351 e. The summed E-state index contributed by atoms with van der Waals surface area (Å²) >= 11 is 5.72. The Labute approximate surface area is 94.7 Å². The second-order valence-corrected chi connectivity index (χ2v) is 4.33. The molecule has 0 spiro atoms. The van der Waals surface area contributed by atoms with Gasteiger partial charge in [-0.1, -0.05) is 31.0 Å². The van der Waals surface area contributed by atoms with Crippen LogP contribution in [0.2, 0.25) is 0 Å². The van der Waals surface area contributed by atoms with Crippen LogP contribution in [0, 0.1) is 6.92 Å². The standard InChI is InChI=1S/C11H13NS2/c1-4-14-11-7-5-6-10(8(11)2)12-9(3)13/h4-7,12-13H,1,3H2,2H3. The first-order chi connectivity index (χ1) is 6.65. The third-order valence-electron chi connectivity index (χ3n) is 1.77. The van der Waals surface area contributed by atoms with Crippen LogP contribution in [0.3, 0.4) is 0 Å². The minimum atomic E-state index is 0.647. The van der Waals surface area contributed by atoms with Gasteiger partial charge in [0.2, 0.25) is 0 Å². The molecular formula is C11H13NS2. The van der Waals surface area contributed by atoms with Crippen LogP contribution in [-0.4, -0.2) is 0 Å². The summed E-state index contributed by atoms with van der Waals surface area (Å²) in [5.41, 5.74) is 2.23. The van der Waals surface area contributed by atoms with E-state index in [1.807, 2.05) is 17.5 Å². The molecule has 1 rings (SSSR count). The van der Waals surface area contributed by atoms with Crippen molar-refractivity contribution >= 4 is 30.1 Å². The van der Waals surface area contributed by atoms with Crippen LogP contribution in [0.4, 0.5) is 5.69 Å². The zero-order valence-corrected chi connectivity index (χ0v) is 9.79. The molecule has 0 aliphatic rings. The Hall–Kier alpha value is -0.800. The lowest BCUT2D eigenvalue weighted by molar-refractivity contribution is 1.30. The van der Waals surface area contributed by atoms with Crippen LogP contribution in [0.1, 0.15) is 5.56 Å². The van der Waals surface area contributed by atoms with E-state index in [2.05, 4.69) is 44.1 Å². The Bertz CT molecular complexity index is 358. The van der Waals surface area contributed by atoms with Crippen LogP contribution in [0.15, 0.2) is 46.7 Å². The molecule has 0 radical (unpaired) electrons. The summed E-state index contributed by atoms with van der Waals surface area (Å²) in [6.45, 7) is 9.45. The molecule has 0 fully saturated rings. The number of benzene rings is 1. The molecular weight excluding hydrogens is 210 g/mol. The summed E-state index contributed by atoms with van der Waals surface area (Å²) in [4.78, 5) is 1.19. The van der Waals surface area contributed by atoms with Crippen LogP contribution >= 0.6 is 24.4 Å². The topological polar surface area (TPSA) is 12.0 Å². The Balaban J connectivity index is 3.00. The molecule has 14 heavy (non-hydrogen) atoms. The van der Waals surface area contributed by atoms with Crippen molar-refractivity contribution in [2.24, 2.45) is 0 Å². The molecule has 1 aromatic carbocycles. The molecule has 0 aliphatic carbocycles. The van der Waals surface area contributed by atoms with Gasteiger partial charge in [-0.25, -0.2) is 0 Å². The van der Waals surface area contributed by atoms with E-state index in [1.165, 1.54) is 10.5 Å². The fourth-order valence-electron chi connectivity index (χ4n) is 1.12. The molecule has 0 atom stereocenters. The molecule has 0 saturated heterocycles. The molecule has 0 aromatic heterocycles. The Morgan fingerprint density at radius 2 is 2.29 bits per heavy atom. The minimum Gasteiger partial charge on any atom is -0.351 e. The molecule has 0 heterocycles. The molecule has 0 amide bonds. The van der Waals surface area contributed by atoms with E-state index < -0.39 is 0 Å². The molecule has 0 bridgehead atoms. The monoisotopic (exact) mass is 223 g/mol. The van der Waals surface area contributed by atoms with Crippen molar-refractivity contribution in [3.05, 3.63) is 47.4 Å². The quantitative estimate of drug-likeness (QED) is 0.590. The predicted octanol–water partition coefficient (Wildman–Crippen LogP) is 4.04. The summed E-state index contributed by atoms with van der Waals surface area (Å²) in [5.74, 6) is 0. The van der Waals surface area contributed by atoms with Crippen molar-refractivity contribution in [3.63, 3.8) is 0 Å². The summed E-state index contributed by atoms with van der Waals surface area (Å²) in [5, 5.41) is 5.56. The molecule has 1 nitrogen and oxygen atoms in total. The highest BCUT2D eigenvalue weighted by atomic mass is 32.2. The van der Waals surface area contributed by atoms with Gasteiger partial charge in [0.15, 0.2) is 0 Å².